The number of fused-ring (bicyclic) bond motifs is 1. The lowest BCUT2D eigenvalue weighted by atomic mass is 10.2. The van der Waals surface area contributed by atoms with E-state index < -0.39 is 18.5 Å². The van der Waals surface area contributed by atoms with Gasteiger partial charge < -0.3 is 14.4 Å². The summed E-state index contributed by atoms with van der Waals surface area (Å²) >= 11 is 0. The SMILES string of the molecule is CC(=O)OCc1nc(-c2cnc(C)nc2)nc2c(C(C)=O)cn(CC(=O)O)c12. The smallest absolute Gasteiger partial charge is 0.323 e. The summed E-state index contributed by atoms with van der Waals surface area (Å²) in [7, 11) is 0. The van der Waals surface area contributed by atoms with Gasteiger partial charge in [0.2, 0.25) is 0 Å². The lowest BCUT2D eigenvalue weighted by Crippen LogP contribution is -2.11. The molecule has 3 rings (SSSR count). The fraction of sp³-hybridized carbons (Fsp3) is 0.278. The number of nitrogens with zero attached hydrogens (tertiary/aromatic N) is 5. The molecule has 0 saturated heterocycles. The number of hydrogen-bond donors (Lipinski definition) is 1. The van der Waals surface area contributed by atoms with Crippen molar-refractivity contribution in [2.24, 2.45) is 0 Å². The number of aromatic nitrogens is 5. The number of carbonyl (C=O) groups is 3. The molecular formula is C18H17N5O5. The van der Waals surface area contributed by atoms with Crippen LogP contribution >= 0.6 is 0 Å². The highest BCUT2D eigenvalue weighted by molar-refractivity contribution is 6.06. The van der Waals surface area contributed by atoms with Crippen LogP contribution < -0.4 is 0 Å². The van der Waals surface area contributed by atoms with Crippen LogP contribution in [-0.4, -0.2) is 47.3 Å². The van der Waals surface area contributed by atoms with E-state index in [2.05, 4.69) is 19.9 Å². The van der Waals surface area contributed by atoms with Crippen molar-refractivity contribution >= 4 is 28.8 Å². The molecule has 0 aliphatic rings. The van der Waals surface area contributed by atoms with Crippen molar-refractivity contribution in [1.82, 2.24) is 24.5 Å². The molecule has 0 aliphatic heterocycles. The highest BCUT2D eigenvalue weighted by Gasteiger charge is 2.21. The Morgan fingerprint density at radius 2 is 1.82 bits per heavy atom. The maximum atomic E-state index is 12.1. The number of carboxylic acid groups (broad SMARTS) is 1. The second-order valence-corrected chi connectivity index (χ2v) is 6.11. The molecule has 0 bridgehead atoms. The van der Waals surface area contributed by atoms with Crippen molar-refractivity contribution in [2.45, 2.75) is 33.9 Å². The van der Waals surface area contributed by atoms with Crippen LogP contribution in [0.3, 0.4) is 0 Å². The third kappa shape index (κ3) is 3.85. The summed E-state index contributed by atoms with van der Waals surface area (Å²) in [5.41, 5.74) is 1.64. The number of rotatable bonds is 6. The monoisotopic (exact) mass is 383 g/mol. The predicted molar refractivity (Wildman–Crippen MR) is 96.4 cm³/mol. The van der Waals surface area contributed by atoms with E-state index in [0.29, 0.717) is 16.9 Å². The number of esters is 1. The van der Waals surface area contributed by atoms with Gasteiger partial charge in [-0.1, -0.05) is 0 Å². The Morgan fingerprint density at radius 3 is 2.39 bits per heavy atom. The summed E-state index contributed by atoms with van der Waals surface area (Å²) in [6.07, 6.45) is 4.50. The minimum Gasteiger partial charge on any atom is -0.480 e. The molecule has 0 aromatic carbocycles. The van der Waals surface area contributed by atoms with E-state index in [1.807, 2.05) is 0 Å². The Kier molecular flexibility index (Phi) is 5.12. The second-order valence-electron chi connectivity index (χ2n) is 6.11. The van der Waals surface area contributed by atoms with Gasteiger partial charge >= 0.3 is 11.9 Å². The average molecular weight is 383 g/mol. The minimum atomic E-state index is -1.10. The fourth-order valence-electron chi connectivity index (χ4n) is 2.71. The van der Waals surface area contributed by atoms with Gasteiger partial charge in [-0.25, -0.2) is 19.9 Å². The van der Waals surface area contributed by atoms with Crippen LogP contribution in [0.25, 0.3) is 22.4 Å². The van der Waals surface area contributed by atoms with Gasteiger partial charge in [0.25, 0.3) is 0 Å². The zero-order chi connectivity index (χ0) is 20.4. The molecule has 1 N–H and O–H groups in total. The van der Waals surface area contributed by atoms with E-state index in [1.54, 1.807) is 19.3 Å². The van der Waals surface area contributed by atoms with Gasteiger partial charge in [0.05, 0.1) is 16.6 Å². The molecule has 10 heteroatoms. The topological polar surface area (TPSA) is 137 Å². The zero-order valence-corrected chi connectivity index (χ0v) is 15.5. The van der Waals surface area contributed by atoms with Crippen LogP contribution in [0.2, 0.25) is 0 Å². The number of aryl methyl sites for hydroxylation is 1. The molecule has 0 saturated carbocycles. The quantitative estimate of drug-likeness (QED) is 0.496. The van der Waals surface area contributed by atoms with Crippen LogP contribution in [0.15, 0.2) is 18.6 Å². The van der Waals surface area contributed by atoms with Crippen molar-refractivity contribution in [3.63, 3.8) is 0 Å². The van der Waals surface area contributed by atoms with E-state index in [4.69, 9.17) is 4.74 Å². The zero-order valence-electron chi connectivity index (χ0n) is 15.5. The molecule has 0 unspecified atom stereocenters. The Labute approximate surface area is 159 Å². The Balaban J connectivity index is 2.28. The number of Topliss-reactive ketones (excluding diaryl/α,β-unsaturated/α-hetero) is 1. The average Bonchev–Trinajstić information content (AvgIpc) is 2.98. The minimum absolute atomic E-state index is 0.199. The fourth-order valence-corrected chi connectivity index (χ4v) is 2.71. The summed E-state index contributed by atoms with van der Waals surface area (Å²) in [6.45, 7) is 3.76. The molecule has 0 spiro atoms. The molecule has 28 heavy (non-hydrogen) atoms. The summed E-state index contributed by atoms with van der Waals surface area (Å²) in [5.74, 6) is -1.08. The molecule has 0 atom stereocenters. The molecule has 10 nitrogen and oxygen atoms in total. The third-order valence-electron chi connectivity index (χ3n) is 3.92. The Bertz CT molecular complexity index is 1090. The molecular weight excluding hydrogens is 366 g/mol. The summed E-state index contributed by atoms with van der Waals surface area (Å²) in [5, 5.41) is 9.19. The summed E-state index contributed by atoms with van der Waals surface area (Å²) in [6, 6.07) is 0. The van der Waals surface area contributed by atoms with E-state index >= 15 is 0 Å². The van der Waals surface area contributed by atoms with Crippen LogP contribution in [0.5, 0.6) is 0 Å². The number of ether oxygens (including phenoxy) is 1. The van der Waals surface area contributed by atoms with Crippen molar-refractivity contribution in [3.8, 4) is 11.4 Å². The first-order valence-corrected chi connectivity index (χ1v) is 8.31. The Hall–Kier alpha value is -3.69. The van der Waals surface area contributed by atoms with Gasteiger partial charge in [-0.2, -0.15) is 0 Å². The van der Waals surface area contributed by atoms with E-state index in [-0.39, 0.29) is 35.0 Å². The number of carboxylic acids is 1. The van der Waals surface area contributed by atoms with Crippen LogP contribution in [-0.2, 0) is 27.5 Å². The van der Waals surface area contributed by atoms with Gasteiger partial charge in [0.1, 0.15) is 30.2 Å². The summed E-state index contributed by atoms with van der Waals surface area (Å²) < 4.78 is 6.43. The number of hydrogen-bond acceptors (Lipinski definition) is 8. The van der Waals surface area contributed by atoms with Crippen LogP contribution in [0.4, 0.5) is 0 Å². The van der Waals surface area contributed by atoms with E-state index in [1.165, 1.54) is 24.6 Å². The number of aliphatic carboxylic acids is 1. The van der Waals surface area contributed by atoms with Crippen LogP contribution in [0, 0.1) is 6.92 Å². The molecule has 0 aliphatic carbocycles. The number of carbonyl (C=O) groups excluding carboxylic acids is 2. The predicted octanol–water partition coefficient (Wildman–Crippen LogP) is 1.55. The van der Waals surface area contributed by atoms with Gasteiger partial charge in [0.15, 0.2) is 11.6 Å². The molecule has 0 radical (unpaired) electrons. The lowest BCUT2D eigenvalue weighted by Gasteiger charge is -2.09. The normalized spacial score (nSPS) is 10.8. The standard InChI is InChI=1S/C18H17N5O5/c1-9(24)13-6-23(7-15(26)27)17-14(8-28-11(3)25)21-18(22-16(13)17)12-4-19-10(2)20-5-12/h4-6H,7-8H2,1-3H3,(H,26,27). The largest absolute Gasteiger partial charge is 0.480 e. The molecule has 144 valence electrons. The molecule has 0 fully saturated rings. The second kappa shape index (κ2) is 7.51. The van der Waals surface area contributed by atoms with Crippen molar-refractivity contribution in [2.75, 3.05) is 0 Å². The van der Waals surface area contributed by atoms with Gasteiger partial charge in [0, 0.05) is 25.5 Å². The third-order valence-corrected chi connectivity index (χ3v) is 3.92. The van der Waals surface area contributed by atoms with E-state index in [9.17, 15) is 19.5 Å². The maximum Gasteiger partial charge on any atom is 0.323 e. The van der Waals surface area contributed by atoms with Crippen molar-refractivity contribution < 1.29 is 24.2 Å². The van der Waals surface area contributed by atoms with Gasteiger partial charge in [-0.05, 0) is 13.8 Å². The molecule has 3 aromatic rings. The first kappa shape index (κ1) is 19.1. The van der Waals surface area contributed by atoms with Crippen molar-refractivity contribution in [1.29, 1.82) is 0 Å². The molecule has 3 aromatic heterocycles. The van der Waals surface area contributed by atoms with E-state index in [0.717, 1.165) is 0 Å². The number of ketones is 1. The highest BCUT2D eigenvalue weighted by Crippen LogP contribution is 2.27. The maximum absolute atomic E-state index is 12.1. The van der Waals surface area contributed by atoms with Crippen LogP contribution in [0.1, 0.15) is 35.7 Å². The lowest BCUT2D eigenvalue weighted by molar-refractivity contribution is -0.142. The Morgan fingerprint density at radius 1 is 1.14 bits per heavy atom. The van der Waals surface area contributed by atoms with Gasteiger partial charge in [-0.3, -0.25) is 14.4 Å². The van der Waals surface area contributed by atoms with Crippen molar-refractivity contribution in [3.05, 3.63) is 35.7 Å². The summed E-state index contributed by atoms with van der Waals surface area (Å²) in [4.78, 5) is 51.7. The first-order valence-electron chi connectivity index (χ1n) is 8.31. The first-order chi connectivity index (χ1) is 13.3. The molecule has 0 amide bonds. The highest BCUT2D eigenvalue weighted by atomic mass is 16.5. The molecule has 3 heterocycles. The van der Waals surface area contributed by atoms with Gasteiger partial charge in [-0.15, -0.1) is 0 Å².